The molecular formula is C50H30N4O. The van der Waals surface area contributed by atoms with E-state index in [0.717, 1.165) is 77.8 Å². The van der Waals surface area contributed by atoms with Gasteiger partial charge in [-0.25, -0.2) is 9.97 Å². The van der Waals surface area contributed by atoms with Crippen molar-refractivity contribution >= 4 is 54.5 Å². The van der Waals surface area contributed by atoms with Crippen molar-refractivity contribution in [2.24, 2.45) is 0 Å². The van der Waals surface area contributed by atoms with Gasteiger partial charge in [-0.05, 0) is 70.8 Å². The molecule has 0 aliphatic carbocycles. The van der Waals surface area contributed by atoms with Gasteiger partial charge in [-0.15, -0.1) is 0 Å². The number of hydrogen-bond donors (Lipinski definition) is 0. The smallest absolute Gasteiger partial charge is 0.235 e. The van der Waals surface area contributed by atoms with Crippen LogP contribution in [0.25, 0.3) is 99.7 Å². The molecule has 0 N–H and O–H groups in total. The van der Waals surface area contributed by atoms with Gasteiger partial charge in [-0.3, -0.25) is 4.57 Å². The molecule has 0 amide bonds. The Kier molecular flexibility index (Phi) is 6.27. The molecule has 256 valence electrons. The maximum Gasteiger partial charge on any atom is 0.235 e. The van der Waals surface area contributed by atoms with Crippen molar-refractivity contribution in [1.82, 2.24) is 19.1 Å². The molecule has 0 saturated carbocycles. The summed E-state index contributed by atoms with van der Waals surface area (Å²) in [6.07, 6.45) is 0. The highest BCUT2D eigenvalue weighted by Crippen LogP contribution is 2.46. The van der Waals surface area contributed by atoms with Gasteiger partial charge in [0.1, 0.15) is 0 Å². The lowest BCUT2D eigenvalue weighted by molar-refractivity contribution is 0.476. The van der Waals surface area contributed by atoms with Crippen LogP contribution in [0, 0.1) is 0 Å². The minimum atomic E-state index is 0.644. The van der Waals surface area contributed by atoms with Crippen LogP contribution in [0.3, 0.4) is 0 Å². The molecule has 5 nitrogen and oxygen atoms in total. The van der Waals surface area contributed by atoms with Gasteiger partial charge < -0.3 is 9.30 Å². The number of aromatic nitrogens is 4. The molecule has 11 aromatic rings. The van der Waals surface area contributed by atoms with Crippen molar-refractivity contribution in [1.29, 1.82) is 0 Å². The molecule has 4 heterocycles. The van der Waals surface area contributed by atoms with Crippen LogP contribution < -0.4 is 4.74 Å². The zero-order chi connectivity index (χ0) is 36.0. The third-order valence-corrected chi connectivity index (χ3v) is 11.1. The number of rotatable bonds is 4. The lowest BCUT2D eigenvalue weighted by Crippen LogP contribution is -2.04. The largest absolute Gasteiger partial charge is 0.453 e. The van der Waals surface area contributed by atoms with E-state index in [0.29, 0.717) is 5.95 Å². The molecule has 8 aromatic carbocycles. The van der Waals surface area contributed by atoms with E-state index in [-0.39, 0.29) is 0 Å². The first-order chi connectivity index (χ1) is 27.3. The molecular weight excluding hydrogens is 673 g/mol. The molecule has 0 saturated heterocycles. The summed E-state index contributed by atoms with van der Waals surface area (Å²) in [5.41, 5.74) is 12.9. The van der Waals surface area contributed by atoms with E-state index < -0.39 is 0 Å². The Labute approximate surface area is 316 Å². The predicted molar refractivity (Wildman–Crippen MR) is 225 cm³/mol. The molecule has 0 unspecified atom stereocenters. The number of fused-ring (bicyclic) bond motifs is 9. The third-order valence-electron chi connectivity index (χ3n) is 11.1. The van der Waals surface area contributed by atoms with Crippen LogP contribution in [0.1, 0.15) is 0 Å². The number of nitrogens with zero attached hydrogens (tertiary/aromatic N) is 4. The van der Waals surface area contributed by atoms with Crippen LogP contribution in [-0.4, -0.2) is 19.1 Å². The van der Waals surface area contributed by atoms with Gasteiger partial charge in [-0.1, -0.05) is 133 Å². The molecule has 0 atom stereocenters. The summed E-state index contributed by atoms with van der Waals surface area (Å²) >= 11 is 0. The van der Waals surface area contributed by atoms with Gasteiger partial charge in [0.25, 0.3) is 0 Å². The first kappa shape index (κ1) is 30.0. The Balaban J connectivity index is 1.00. The number of benzene rings is 8. The van der Waals surface area contributed by atoms with Crippen LogP contribution in [0.2, 0.25) is 0 Å². The highest BCUT2D eigenvalue weighted by molar-refractivity contribution is 6.13. The fourth-order valence-electron chi connectivity index (χ4n) is 8.60. The van der Waals surface area contributed by atoms with Crippen LogP contribution in [0.15, 0.2) is 182 Å². The van der Waals surface area contributed by atoms with Gasteiger partial charge in [-0.2, -0.15) is 0 Å². The Morgan fingerprint density at radius 1 is 0.364 bits per heavy atom. The molecule has 1 aliphatic heterocycles. The molecule has 0 spiro atoms. The van der Waals surface area contributed by atoms with Gasteiger partial charge in [0, 0.05) is 32.5 Å². The predicted octanol–water partition coefficient (Wildman–Crippen LogP) is 12.9. The van der Waals surface area contributed by atoms with E-state index in [1.165, 1.54) is 27.4 Å². The van der Waals surface area contributed by atoms with Crippen molar-refractivity contribution in [3.8, 4) is 56.6 Å². The summed E-state index contributed by atoms with van der Waals surface area (Å²) in [5, 5.41) is 5.74. The molecule has 12 rings (SSSR count). The Hall–Kier alpha value is -7.50. The van der Waals surface area contributed by atoms with Gasteiger partial charge >= 0.3 is 0 Å². The summed E-state index contributed by atoms with van der Waals surface area (Å²) in [6, 6.07) is 64.2. The van der Waals surface area contributed by atoms with Gasteiger partial charge in [0.05, 0.1) is 39.0 Å². The molecule has 5 heteroatoms. The highest BCUT2D eigenvalue weighted by atomic mass is 16.5. The topological polar surface area (TPSA) is 44.9 Å². The Morgan fingerprint density at radius 2 is 0.964 bits per heavy atom. The summed E-state index contributed by atoms with van der Waals surface area (Å²) in [5.74, 6) is 2.36. The molecule has 0 bridgehead atoms. The van der Waals surface area contributed by atoms with E-state index in [1.807, 2.05) is 12.1 Å². The maximum absolute atomic E-state index is 6.63. The molecule has 0 fully saturated rings. The zero-order valence-electron chi connectivity index (χ0n) is 29.5. The SMILES string of the molecule is c1ccc(-c2ccc(-c3nc(-n4c5ccccc5c5cc(-c6ccc7c(c6)Oc6cccc8c9ccccc9n-7c68)ccc54)nc4ccccc34)cc2)cc1. The second kappa shape index (κ2) is 11.5. The first-order valence-corrected chi connectivity index (χ1v) is 18.6. The average Bonchev–Trinajstić information content (AvgIpc) is 3.77. The standard InChI is InChI=1S/C50H30N4O/c1-2-11-31(12-3-1)32-21-23-33(24-22-32)48-39-15-4-7-17-41(39)51-50(52-48)54-43-19-9-6-14-37(43)40-29-34(25-27-44(40)54)35-26-28-45-47(30-35)55-46-20-10-16-38-36-13-5-8-18-42(36)53(45)49(38)46/h1-30H. The van der Waals surface area contributed by atoms with Crippen LogP contribution in [0.4, 0.5) is 0 Å². The second-order valence-corrected chi connectivity index (χ2v) is 14.2. The second-order valence-electron chi connectivity index (χ2n) is 14.2. The molecule has 3 aromatic heterocycles. The lowest BCUT2D eigenvalue weighted by atomic mass is 10.0. The van der Waals surface area contributed by atoms with Crippen molar-refractivity contribution in [2.75, 3.05) is 0 Å². The quantitative estimate of drug-likeness (QED) is 0.183. The van der Waals surface area contributed by atoms with E-state index in [4.69, 9.17) is 14.7 Å². The molecule has 1 aliphatic rings. The van der Waals surface area contributed by atoms with Gasteiger partial charge in [0.15, 0.2) is 11.5 Å². The summed E-state index contributed by atoms with van der Waals surface area (Å²) in [4.78, 5) is 10.5. The van der Waals surface area contributed by atoms with E-state index in [1.54, 1.807) is 0 Å². The average molecular weight is 703 g/mol. The summed E-state index contributed by atoms with van der Waals surface area (Å²) in [6.45, 7) is 0. The Morgan fingerprint density at radius 3 is 1.80 bits per heavy atom. The van der Waals surface area contributed by atoms with Crippen molar-refractivity contribution in [2.45, 2.75) is 0 Å². The van der Waals surface area contributed by atoms with Crippen molar-refractivity contribution < 1.29 is 4.74 Å². The monoisotopic (exact) mass is 702 g/mol. The molecule has 55 heavy (non-hydrogen) atoms. The highest BCUT2D eigenvalue weighted by Gasteiger charge is 2.24. The molecule has 0 radical (unpaired) electrons. The lowest BCUT2D eigenvalue weighted by Gasteiger charge is -2.21. The van der Waals surface area contributed by atoms with E-state index in [2.05, 4.69) is 179 Å². The third kappa shape index (κ3) is 4.47. The van der Waals surface area contributed by atoms with Gasteiger partial charge in [0.2, 0.25) is 5.95 Å². The van der Waals surface area contributed by atoms with Crippen LogP contribution >= 0.6 is 0 Å². The van der Waals surface area contributed by atoms with Crippen LogP contribution in [0.5, 0.6) is 11.5 Å². The van der Waals surface area contributed by atoms with E-state index >= 15 is 0 Å². The van der Waals surface area contributed by atoms with E-state index in [9.17, 15) is 0 Å². The fraction of sp³-hybridized carbons (Fsp3) is 0. The van der Waals surface area contributed by atoms with Crippen molar-refractivity contribution in [3.05, 3.63) is 182 Å². The minimum Gasteiger partial charge on any atom is -0.453 e. The van der Waals surface area contributed by atoms with Crippen molar-refractivity contribution in [3.63, 3.8) is 0 Å². The maximum atomic E-state index is 6.63. The number of hydrogen-bond acceptors (Lipinski definition) is 3. The normalized spacial score (nSPS) is 12.1. The number of ether oxygens (including phenoxy) is 1. The fourth-order valence-corrected chi connectivity index (χ4v) is 8.60. The van der Waals surface area contributed by atoms with Crippen LogP contribution in [-0.2, 0) is 0 Å². The minimum absolute atomic E-state index is 0.644. The Bertz CT molecular complexity index is 3340. The summed E-state index contributed by atoms with van der Waals surface area (Å²) in [7, 11) is 0. The summed E-state index contributed by atoms with van der Waals surface area (Å²) < 4.78 is 11.2. The first-order valence-electron chi connectivity index (χ1n) is 18.6. The number of para-hydroxylation sites is 4. The zero-order valence-corrected chi connectivity index (χ0v) is 29.5.